The summed E-state index contributed by atoms with van der Waals surface area (Å²) in [6.07, 6.45) is 4.27. The standard InChI is InChI=1S/C17H33N3O2.ClH/c1-5-13(4)16(22)20-10-8-9-14(11-20)15(21)19-12-17(18,6-2)7-3;/h13-14H,5-12,18H2,1-4H3,(H,19,21);1H. The fourth-order valence-corrected chi connectivity index (χ4v) is 2.79. The zero-order valence-electron chi connectivity index (χ0n) is 15.1. The van der Waals surface area contributed by atoms with Gasteiger partial charge in [-0.05, 0) is 32.1 Å². The molecule has 0 bridgehead atoms. The second kappa shape index (κ2) is 10.1. The minimum absolute atomic E-state index is 0. The van der Waals surface area contributed by atoms with Crippen LogP contribution in [0.15, 0.2) is 0 Å². The molecule has 2 atom stereocenters. The number of carbonyl (C=O) groups is 2. The summed E-state index contributed by atoms with van der Waals surface area (Å²) in [4.78, 5) is 26.5. The lowest BCUT2D eigenvalue weighted by Crippen LogP contribution is -2.52. The molecule has 0 aromatic carbocycles. The number of hydrogen-bond acceptors (Lipinski definition) is 3. The molecule has 1 heterocycles. The Kier molecular flexibility index (Phi) is 9.78. The maximum atomic E-state index is 12.4. The Bertz CT molecular complexity index is 386. The summed E-state index contributed by atoms with van der Waals surface area (Å²) >= 11 is 0. The first-order valence-electron chi connectivity index (χ1n) is 8.72. The molecule has 0 aliphatic carbocycles. The van der Waals surface area contributed by atoms with Gasteiger partial charge < -0.3 is 16.0 Å². The maximum Gasteiger partial charge on any atom is 0.225 e. The minimum Gasteiger partial charge on any atom is -0.354 e. The fraction of sp³-hybridized carbons (Fsp3) is 0.882. The van der Waals surface area contributed by atoms with Crippen molar-refractivity contribution >= 4 is 24.2 Å². The van der Waals surface area contributed by atoms with Crippen molar-refractivity contribution in [2.45, 2.75) is 65.3 Å². The van der Waals surface area contributed by atoms with Crippen molar-refractivity contribution in [3.63, 3.8) is 0 Å². The summed E-state index contributed by atoms with van der Waals surface area (Å²) in [6, 6.07) is 0. The maximum absolute atomic E-state index is 12.4. The van der Waals surface area contributed by atoms with E-state index in [4.69, 9.17) is 5.73 Å². The molecule has 2 unspecified atom stereocenters. The van der Waals surface area contributed by atoms with Crippen LogP contribution in [0.4, 0.5) is 0 Å². The van der Waals surface area contributed by atoms with Crippen LogP contribution < -0.4 is 11.1 Å². The van der Waals surface area contributed by atoms with Gasteiger partial charge in [0, 0.05) is 31.1 Å². The molecule has 1 aliphatic heterocycles. The summed E-state index contributed by atoms with van der Waals surface area (Å²) in [5.41, 5.74) is 5.91. The lowest BCUT2D eigenvalue weighted by atomic mass is 9.92. The van der Waals surface area contributed by atoms with Crippen molar-refractivity contribution in [2.24, 2.45) is 17.6 Å². The molecule has 0 aromatic heterocycles. The molecule has 6 heteroatoms. The minimum atomic E-state index is -0.323. The lowest BCUT2D eigenvalue weighted by molar-refractivity contribution is -0.139. The first kappa shape index (κ1) is 22.2. The number of likely N-dealkylation sites (tertiary alicyclic amines) is 1. The average molecular weight is 348 g/mol. The SMILES string of the molecule is CCC(C)C(=O)N1CCCC(C(=O)NCC(N)(CC)CC)C1.Cl. The third kappa shape index (κ3) is 6.30. The van der Waals surface area contributed by atoms with E-state index < -0.39 is 0 Å². The highest BCUT2D eigenvalue weighted by Gasteiger charge is 2.31. The van der Waals surface area contributed by atoms with Crippen LogP contribution in [0.2, 0.25) is 0 Å². The van der Waals surface area contributed by atoms with Crippen molar-refractivity contribution in [3.8, 4) is 0 Å². The molecular weight excluding hydrogens is 314 g/mol. The molecule has 0 aromatic rings. The van der Waals surface area contributed by atoms with Crippen molar-refractivity contribution in [1.29, 1.82) is 0 Å². The van der Waals surface area contributed by atoms with E-state index in [2.05, 4.69) is 5.32 Å². The van der Waals surface area contributed by atoms with Gasteiger partial charge in [0.2, 0.25) is 11.8 Å². The number of rotatable bonds is 7. The summed E-state index contributed by atoms with van der Waals surface area (Å²) in [5.74, 6) is 0.159. The highest BCUT2D eigenvalue weighted by Crippen LogP contribution is 2.20. The monoisotopic (exact) mass is 347 g/mol. The second-order valence-electron chi connectivity index (χ2n) is 6.72. The highest BCUT2D eigenvalue weighted by molar-refractivity contribution is 5.85. The van der Waals surface area contributed by atoms with Gasteiger partial charge in [-0.2, -0.15) is 0 Å². The van der Waals surface area contributed by atoms with Crippen LogP contribution in [0.5, 0.6) is 0 Å². The van der Waals surface area contributed by atoms with E-state index in [0.717, 1.165) is 38.6 Å². The molecule has 136 valence electrons. The number of hydrogen-bond donors (Lipinski definition) is 2. The molecule has 1 aliphatic rings. The number of amides is 2. The van der Waals surface area contributed by atoms with Gasteiger partial charge in [0.15, 0.2) is 0 Å². The zero-order valence-corrected chi connectivity index (χ0v) is 15.9. The van der Waals surface area contributed by atoms with E-state index >= 15 is 0 Å². The quantitative estimate of drug-likeness (QED) is 0.742. The van der Waals surface area contributed by atoms with Gasteiger partial charge in [-0.15, -0.1) is 12.4 Å². The second-order valence-corrected chi connectivity index (χ2v) is 6.72. The number of nitrogens with two attached hydrogens (primary N) is 1. The molecule has 2 amide bonds. The molecule has 0 saturated carbocycles. The van der Waals surface area contributed by atoms with Crippen molar-refractivity contribution in [2.75, 3.05) is 19.6 Å². The molecule has 0 radical (unpaired) electrons. The molecule has 23 heavy (non-hydrogen) atoms. The number of carbonyl (C=O) groups excluding carboxylic acids is 2. The molecule has 5 nitrogen and oxygen atoms in total. The third-order valence-corrected chi connectivity index (χ3v) is 5.16. The Labute approximate surface area is 147 Å². The van der Waals surface area contributed by atoms with Gasteiger partial charge in [-0.3, -0.25) is 9.59 Å². The summed E-state index contributed by atoms with van der Waals surface area (Å²) in [7, 11) is 0. The van der Waals surface area contributed by atoms with E-state index in [-0.39, 0.29) is 41.6 Å². The smallest absolute Gasteiger partial charge is 0.225 e. The molecule has 1 fully saturated rings. The number of nitrogens with zero attached hydrogens (tertiary/aromatic N) is 1. The van der Waals surface area contributed by atoms with Crippen molar-refractivity contribution < 1.29 is 9.59 Å². The van der Waals surface area contributed by atoms with Crippen LogP contribution in [-0.2, 0) is 9.59 Å². The van der Waals surface area contributed by atoms with Crippen LogP contribution in [0.3, 0.4) is 0 Å². The molecule has 1 saturated heterocycles. The summed E-state index contributed by atoms with van der Waals surface area (Å²) in [5, 5.41) is 3.00. The number of halogens is 1. The molecule has 0 spiro atoms. The van der Waals surface area contributed by atoms with Gasteiger partial charge in [0.1, 0.15) is 0 Å². The molecule has 3 N–H and O–H groups in total. The van der Waals surface area contributed by atoms with Crippen LogP contribution in [0.1, 0.15) is 59.8 Å². The average Bonchev–Trinajstić information content (AvgIpc) is 2.57. The predicted molar refractivity (Wildman–Crippen MR) is 96.5 cm³/mol. The van der Waals surface area contributed by atoms with Crippen LogP contribution in [0, 0.1) is 11.8 Å². The van der Waals surface area contributed by atoms with E-state index in [1.54, 1.807) is 0 Å². The van der Waals surface area contributed by atoms with E-state index in [9.17, 15) is 9.59 Å². The Morgan fingerprint density at radius 3 is 2.43 bits per heavy atom. The topological polar surface area (TPSA) is 75.4 Å². The largest absolute Gasteiger partial charge is 0.354 e. The highest BCUT2D eigenvalue weighted by atomic mass is 35.5. The first-order valence-corrected chi connectivity index (χ1v) is 8.72. The number of piperidine rings is 1. The fourth-order valence-electron chi connectivity index (χ4n) is 2.79. The molecular formula is C17H34ClN3O2. The number of nitrogens with one attached hydrogen (secondary N) is 1. The Morgan fingerprint density at radius 1 is 1.30 bits per heavy atom. The predicted octanol–water partition coefficient (Wildman–Crippen LogP) is 2.33. The van der Waals surface area contributed by atoms with Gasteiger partial charge in [-0.1, -0.05) is 27.7 Å². The van der Waals surface area contributed by atoms with E-state index in [1.807, 2.05) is 32.6 Å². The Hall–Kier alpha value is -0.810. The first-order chi connectivity index (χ1) is 10.4. The normalized spacial score (nSPS) is 19.7. The van der Waals surface area contributed by atoms with Crippen LogP contribution >= 0.6 is 12.4 Å². The zero-order chi connectivity index (χ0) is 16.8. The molecule has 1 rings (SSSR count). The van der Waals surface area contributed by atoms with Gasteiger partial charge in [-0.25, -0.2) is 0 Å². The Morgan fingerprint density at radius 2 is 1.91 bits per heavy atom. The Balaban J connectivity index is 0.00000484. The van der Waals surface area contributed by atoms with Crippen LogP contribution in [0.25, 0.3) is 0 Å². The van der Waals surface area contributed by atoms with Crippen LogP contribution in [-0.4, -0.2) is 41.9 Å². The lowest BCUT2D eigenvalue weighted by Gasteiger charge is -2.34. The summed E-state index contributed by atoms with van der Waals surface area (Å²) in [6.45, 7) is 9.90. The van der Waals surface area contributed by atoms with Gasteiger partial charge in [0.25, 0.3) is 0 Å². The van der Waals surface area contributed by atoms with E-state index in [0.29, 0.717) is 13.1 Å². The summed E-state index contributed by atoms with van der Waals surface area (Å²) < 4.78 is 0. The van der Waals surface area contributed by atoms with Gasteiger partial charge in [0.05, 0.1) is 5.92 Å². The van der Waals surface area contributed by atoms with Crippen molar-refractivity contribution in [1.82, 2.24) is 10.2 Å². The van der Waals surface area contributed by atoms with Crippen molar-refractivity contribution in [3.05, 3.63) is 0 Å². The van der Waals surface area contributed by atoms with E-state index in [1.165, 1.54) is 0 Å². The third-order valence-electron chi connectivity index (χ3n) is 5.16. The van der Waals surface area contributed by atoms with Gasteiger partial charge >= 0.3 is 0 Å².